The second kappa shape index (κ2) is 12.4. The number of nitrogens with zero attached hydrogens (tertiary/aromatic N) is 1. The third kappa shape index (κ3) is 7.24. The van der Waals surface area contributed by atoms with Crippen molar-refractivity contribution in [1.29, 1.82) is 0 Å². The Hall–Kier alpha value is -2.52. The topological polar surface area (TPSA) is 75.7 Å². The molecule has 3 aromatic rings. The minimum absolute atomic E-state index is 0.00450. The first-order valence-electron chi connectivity index (χ1n) is 11.1. The van der Waals surface area contributed by atoms with E-state index in [0.29, 0.717) is 12.2 Å². The van der Waals surface area contributed by atoms with Gasteiger partial charge in [0.05, 0.1) is 29.6 Å². The van der Waals surface area contributed by atoms with Gasteiger partial charge in [-0.25, -0.2) is 8.42 Å². The van der Waals surface area contributed by atoms with E-state index in [1.807, 2.05) is 67.8 Å². The zero-order valence-electron chi connectivity index (χ0n) is 19.9. The van der Waals surface area contributed by atoms with Crippen LogP contribution < -0.4 is 10.1 Å². The number of ether oxygens (including phenoxy) is 1. The lowest BCUT2D eigenvalue weighted by Crippen LogP contribution is -2.42. The summed E-state index contributed by atoms with van der Waals surface area (Å²) in [7, 11) is -2.53. The molecule has 186 valence electrons. The van der Waals surface area contributed by atoms with Crippen molar-refractivity contribution in [2.24, 2.45) is 0 Å². The van der Waals surface area contributed by atoms with Crippen molar-refractivity contribution < 1.29 is 17.9 Å². The molecule has 0 aliphatic heterocycles. The highest BCUT2D eigenvalue weighted by molar-refractivity contribution is 7.98. The quantitative estimate of drug-likeness (QED) is 0.344. The Bertz CT molecular complexity index is 1240. The lowest BCUT2D eigenvalue weighted by atomic mass is 10.1. The number of hydrogen-bond donors (Lipinski definition) is 1. The minimum atomic E-state index is -3.99. The number of carbonyl (C=O) groups is 1. The molecule has 3 aromatic carbocycles. The monoisotopic (exact) mass is 532 g/mol. The number of hydrogen-bond acceptors (Lipinski definition) is 5. The minimum Gasteiger partial charge on any atom is -0.495 e. The second-order valence-corrected chi connectivity index (χ2v) is 11.2. The maximum absolute atomic E-state index is 13.5. The zero-order valence-corrected chi connectivity index (χ0v) is 22.3. The van der Waals surface area contributed by atoms with Gasteiger partial charge in [0, 0.05) is 11.4 Å². The summed E-state index contributed by atoms with van der Waals surface area (Å²) in [5.41, 5.74) is 1.92. The molecule has 0 unspecified atom stereocenters. The Morgan fingerprint density at radius 3 is 2.37 bits per heavy atom. The fraction of sp³-hybridized carbons (Fsp3) is 0.269. The SMILES string of the molecule is COc1ccc(S(=O)(=O)N(CCc2ccccc2)CC(=O)N[C@H](C)c2ccc(SC)cc2)cc1Cl. The van der Waals surface area contributed by atoms with Crippen LogP contribution >= 0.6 is 23.4 Å². The highest BCUT2D eigenvalue weighted by Gasteiger charge is 2.28. The first-order valence-corrected chi connectivity index (χ1v) is 14.1. The van der Waals surface area contributed by atoms with Crippen molar-refractivity contribution in [3.63, 3.8) is 0 Å². The molecule has 1 amide bonds. The molecule has 0 spiro atoms. The zero-order chi connectivity index (χ0) is 25.4. The van der Waals surface area contributed by atoms with Gasteiger partial charge in [-0.3, -0.25) is 4.79 Å². The van der Waals surface area contributed by atoms with Crippen LogP contribution in [-0.4, -0.2) is 45.1 Å². The largest absolute Gasteiger partial charge is 0.495 e. The van der Waals surface area contributed by atoms with Crippen molar-refractivity contribution in [3.05, 3.63) is 88.9 Å². The van der Waals surface area contributed by atoms with Gasteiger partial charge < -0.3 is 10.1 Å². The van der Waals surface area contributed by atoms with E-state index in [4.69, 9.17) is 16.3 Å². The fourth-order valence-electron chi connectivity index (χ4n) is 3.56. The summed E-state index contributed by atoms with van der Waals surface area (Å²) in [6.45, 7) is 1.70. The van der Waals surface area contributed by atoms with Gasteiger partial charge in [-0.05, 0) is 61.1 Å². The van der Waals surface area contributed by atoms with Crippen LogP contribution in [0.4, 0.5) is 0 Å². The molecule has 0 radical (unpaired) electrons. The van der Waals surface area contributed by atoms with E-state index in [9.17, 15) is 13.2 Å². The first-order chi connectivity index (χ1) is 16.7. The average molecular weight is 533 g/mol. The van der Waals surface area contributed by atoms with Gasteiger partial charge in [0.25, 0.3) is 0 Å². The van der Waals surface area contributed by atoms with Gasteiger partial charge in [-0.15, -0.1) is 11.8 Å². The Balaban J connectivity index is 1.80. The van der Waals surface area contributed by atoms with Gasteiger partial charge in [-0.2, -0.15) is 4.31 Å². The maximum Gasteiger partial charge on any atom is 0.243 e. The molecule has 1 atom stereocenters. The fourth-order valence-corrected chi connectivity index (χ4v) is 5.72. The number of sulfonamides is 1. The number of halogens is 1. The molecule has 1 N–H and O–H groups in total. The molecule has 0 saturated heterocycles. The van der Waals surface area contributed by atoms with Crippen LogP contribution in [0, 0.1) is 0 Å². The normalized spacial score (nSPS) is 12.4. The number of benzene rings is 3. The Morgan fingerprint density at radius 2 is 1.77 bits per heavy atom. The van der Waals surface area contributed by atoms with Crippen molar-refractivity contribution in [1.82, 2.24) is 9.62 Å². The Kier molecular flexibility index (Phi) is 9.63. The molecular formula is C26H29ClN2O4S2. The maximum atomic E-state index is 13.5. The highest BCUT2D eigenvalue weighted by atomic mass is 35.5. The third-order valence-corrected chi connectivity index (χ3v) is 8.45. The molecule has 0 bridgehead atoms. The molecule has 0 heterocycles. The number of methoxy groups -OCH3 is 1. The number of amides is 1. The first kappa shape index (κ1) is 27.1. The summed E-state index contributed by atoms with van der Waals surface area (Å²) in [6.07, 6.45) is 2.46. The lowest BCUT2D eigenvalue weighted by molar-refractivity contribution is -0.121. The summed E-state index contributed by atoms with van der Waals surface area (Å²) >= 11 is 7.83. The predicted octanol–water partition coefficient (Wildman–Crippen LogP) is 5.18. The van der Waals surface area contributed by atoms with Gasteiger partial charge in [0.15, 0.2) is 0 Å². The van der Waals surface area contributed by atoms with E-state index < -0.39 is 10.0 Å². The van der Waals surface area contributed by atoms with Crippen LogP contribution in [0.5, 0.6) is 5.75 Å². The van der Waals surface area contributed by atoms with Crippen molar-refractivity contribution in [3.8, 4) is 5.75 Å². The standard InChI is InChI=1S/C26H29ClN2O4S2/c1-19(21-9-11-22(34-3)12-10-21)28-26(30)18-29(16-15-20-7-5-4-6-8-20)35(31,32)23-13-14-25(33-2)24(27)17-23/h4-14,17,19H,15-16,18H2,1-3H3,(H,28,30)/t19-/m1/s1. The summed E-state index contributed by atoms with van der Waals surface area (Å²) in [4.78, 5) is 14.1. The van der Waals surface area contributed by atoms with E-state index in [0.717, 1.165) is 16.0 Å². The van der Waals surface area contributed by atoms with Crippen LogP contribution in [0.15, 0.2) is 82.6 Å². The molecular weight excluding hydrogens is 504 g/mol. The van der Waals surface area contributed by atoms with Crippen molar-refractivity contribution in [2.45, 2.75) is 29.2 Å². The summed E-state index contributed by atoms with van der Waals surface area (Å²) in [5.74, 6) is -0.0109. The number of nitrogens with one attached hydrogen (secondary N) is 1. The van der Waals surface area contributed by atoms with E-state index in [1.165, 1.54) is 29.6 Å². The number of thioether (sulfide) groups is 1. The number of rotatable bonds is 11. The Morgan fingerprint density at radius 1 is 1.09 bits per heavy atom. The van der Waals surface area contributed by atoms with E-state index in [2.05, 4.69) is 5.32 Å². The average Bonchev–Trinajstić information content (AvgIpc) is 2.86. The lowest BCUT2D eigenvalue weighted by Gasteiger charge is -2.23. The molecule has 0 aliphatic rings. The van der Waals surface area contributed by atoms with Gasteiger partial charge >= 0.3 is 0 Å². The Labute approximate surface area is 216 Å². The van der Waals surface area contributed by atoms with Crippen molar-refractivity contribution in [2.75, 3.05) is 26.5 Å². The van der Waals surface area contributed by atoms with E-state index in [-0.39, 0.29) is 35.0 Å². The molecule has 35 heavy (non-hydrogen) atoms. The summed E-state index contributed by atoms with van der Waals surface area (Å²) < 4.78 is 33.4. The van der Waals surface area contributed by atoms with Crippen LogP contribution in [0.1, 0.15) is 24.1 Å². The van der Waals surface area contributed by atoms with Gasteiger partial charge in [0.2, 0.25) is 15.9 Å². The van der Waals surface area contributed by atoms with Crippen LogP contribution in [-0.2, 0) is 21.2 Å². The molecule has 0 aliphatic carbocycles. The predicted molar refractivity (Wildman–Crippen MR) is 142 cm³/mol. The summed E-state index contributed by atoms with van der Waals surface area (Å²) in [6, 6.07) is 21.5. The molecule has 0 saturated carbocycles. The van der Waals surface area contributed by atoms with Crippen LogP contribution in [0.2, 0.25) is 5.02 Å². The summed E-state index contributed by atoms with van der Waals surface area (Å²) in [5, 5.41) is 3.10. The van der Waals surface area contributed by atoms with E-state index in [1.54, 1.807) is 11.8 Å². The second-order valence-electron chi connectivity index (χ2n) is 7.93. The highest BCUT2D eigenvalue weighted by Crippen LogP contribution is 2.28. The van der Waals surface area contributed by atoms with Crippen LogP contribution in [0.3, 0.4) is 0 Å². The molecule has 0 fully saturated rings. The third-order valence-electron chi connectivity index (χ3n) is 5.57. The van der Waals surface area contributed by atoms with E-state index >= 15 is 0 Å². The van der Waals surface area contributed by atoms with Crippen molar-refractivity contribution >= 4 is 39.3 Å². The molecule has 9 heteroatoms. The van der Waals surface area contributed by atoms with Gasteiger partial charge in [-0.1, -0.05) is 54.1 Å². The van der Waals surface area contributed by atoms with Crippen LogP contribution in [0.25, 0.3) is 0 Å². The van der Waals surface area contributed by atoms with Gasteiger partial charge in [0.1, 0.15) is 5.75 Å². The molecule has 0 aromatic heterocycles. The number of carbonyl (C=O) groups excluding carboxylic acids is 1. The smallest absolute Gasteiger partial charge is 0.243 e. The molecule has 3 rings (SSSR count). The molecule has 6 nitrogen and oxygen atoms in total.